The quantitative estimate of drug-likeness (QED) is 0.359. The molecule has 1 aromatic rings. The molecule has 1 aromatic carbocycles. The molecule has 0 N–H and O–H groups in total. The Morgan fingerprint density at radius 1 is 1.14 bits per heavy atom. The van der Waals surface area contributed by atoms with Crippen molar-refractivity contribution in [3.63, 3.8) is 0 Å². The molecule has 9 heteroatoms. The average Bonchev–Trinajstić information content (AvgIpc) is 2.76. The standard InChI is InChI=1S/C27H43ClN2O6/c1-18(2)30(20-11-9-12-29(17-20)26(32)36-27(5,6)7)25(31)21-15-23(34-14-10-13-33-8)24(16-22(21)28)35-19(3)4/h15-16,18-20H,9-14,17H2,1-8H3/t20-/m1/s1. The third kappa shape index (κ3) is 8.73. The molecule has 1 aliphatic heterocycles. The minimum absolute atomic E-state index is 0.0859. The monoisotopic (exact) mass is 526 g/mol. The molecule has 0 unspecified atom stereocenters. The topological polar surface area (TPSA) is 77.5 Å². The Kier molecular flexibility index (Phi) is 11.2. The zero-order chi connectivity index (χ0) is 27.0. The van der Waals surface area contributed by atoms with Crippen LogP contribution in [0.15, 0.2) is 12.1 Å². The number of carbonyl (C=O) groups is 2. The second-order valence-electron chi connectivity index (χ2n) is 10.7. The molecule has 0 bridgehead atoms. The summed E-state index contributed by atoms with van der Waals surface area (Å²) in [6.07, 6.45) is 1.82. The van der Waals surface area contributed by atoms with Crippen LogP contribution in [0, 0.1) is 0 Å². The maximum Gasteiger partial charge on any atom is 0.410 e. The lowest BCUT2D eigenvalue weighted by atomic mass is 10.0. The Balaban J connectivity index is 2.32. The van der Waals surface area contributed by atoms with E-state index in [2.05, 4.69) is 0 Å². The van der Waals surface area contributed by atoms with E-state index in [0.717, 1.165) is 12.8 Å². The van der Waals surface area contributed by atoms with Crippen molar-refractivity contribution in [1.29, 1.82) is 0 Å². The van der Waals surface area contributed by atoms with Gasteiger partial charge in [0, 0.05) is 45.3 Å². The highest BCUT2D eigenvalue weighted by molar-refractivity contribution is 6.34. The Labute approximate surface area is 221 Å². The summed E-state index contributed by atoms with van der Waals surface area (Å²) in [7, 11) is 1.64. The van der Waals surface area contributed by atoms with Crippen LogP contribution in [0.5, 0.6) is 11.5 Å². The number of hydrogen-bond donors (Lipinski definition) is 0. The van der Waals surface area contributed by atoms with E-state index < -0.39 is 5.60 Å². The molecule has 1 saturated heterocycles. The number of hydrogen-bond acceptors (Lipinski definition) is 6. The number of methoxy groups -OCH3 is 1. The smallest absolute Gasteiger partial charge is 0.410 e. The molecule has 0 aromatic heterocycles. The van der Waals surface area contributed by atoms with E-state index in [4.69, 9.17) is 30.5 Å². The second-order valence-corrected chi connectivity index (χ2v) is 11.1. The summed E-state index contributed by atoms with van der Waals surface area (Å²) in [4.78, 5) is 30.1. The summed E-state index contributed by atoms with van der Waals surface area (Å²) in [5.41, 5.74) is -0.234. The molecule has 0 radical (unpaired) electrons. The zero-order valence-electron chi connectivity index (χ0n) is 23.1. The van der Waals surface area contributed by atoms with E-state index in [1.54, 1.807) is 24.1 Å². The van der Waals surface area contributed by atoms with Crippen LogP contribution in [-0.4, -0.2) is 79.0 Å². The van der Waals surface area contributed by atoms with E-state index >= 15 is 0 Å². The molecule has 2 rings (SSSR count). The maximum atomic E-state index is 13.9. The Bertz CT molecular complexity index is 884. The van der Waals surface area contributed by atoms with Crippen molar-refractivity contribution in [3.8, 4) is 11.5 Å². The third-order valence-electron chi connectivity index (χ3n) is 5.61. The van der Waals surface area contributed by atoms with Gasteiger partial charge in [0.15, 0.2) is 11.5 Å². The summed E-state index contributed by atoms with van der Waals surface area (Å²) in [5, 5.41) is 0.297. The summed E-state index contributed by atoms with van der Waals surface area (Å²) in [5.74, 6) is 0.757. The molecule has 1 atom stereocenters. The van der Waals surface area contributed by atoms with Gasteiger partial charge in [-0.2, -0.15) is 0 Å². The molecule has 1 heterocycles. The van der Waals surface area contributed by atoms with Gasteiger partial charge in [-0.05, 0) is 67.4 Å². The number of rotatable bonds is 10. The molecule has 36 heavy (non-hydrogen) atoms. The van der Waals surface area contributed by atoms with Gasteiger partial charge in [0.1, 0.15) is 5.60 Å². The largest absolute Gasteiger partial charge is 0.490 e. The van der Waals surface area contributed by atoms with Crippen molar-refractivity contribution in [3.05, 3.63) is 22.7 Å². The van der Waals surface area contributed by atoms with E-state index in [1.807, 2.05) is 53.4 Å². The lowest BCUT2D eigenvalue weighted by molar-refractivity contribution is 0.00751. The normalized spacial score (nSPS) is 16.3. The van der Waals surface area contributed by atoms with Crippen LogP contribution < -0.4 is 9.47 Å². The highest BCUT2D eigenvalue weighted by Crippen LogP contribution is 2.36. The van der Waals surface area contributed by atoms with Crippen molar-refractivity contribution in [2.45, 2.75) is 91.5 Å². The predicted octanol–water partition coefficient (Wildman–Crippen LogP) is 5.79. The third-order valence-corrected chi connectivity index (χ3v) is 5.92. The second kappa shape index (κ2) is 13.4. The van der Waals surface area contributed by atoms with Crippen LogP contribution >= 0.6 is 11.6 Å². The molecule has 0 saturated carbocycles. The Hall–Kier alpha value is -2.19. The summed E-state index contributed by atoms with van der Waals surface area (Å²) < 4.78 is 22.5. The van der Waals surface area contributed by atoms with Gasteiger partial charge in [0.05, 0.1) is 29.3 Å². The van der Waals surface area contributed by atoms with Crippen molar-refractivity contribution in [2.24, 2.45) is 0 Å². The van der Waals surface area contributed by atoms with Gasteiger partial charge >= 0.3 is 6.09 Å². The first-order valence-corrected chi connectivity index (χ1v) is 13.1. The minimum atomic E-state index is -0.579. The van der Waals surface area contributed by atoms with Gasteiger partial charge < -0.3 is 28.7 Å². The summed E-state index contributed by atoms with van der Waals surface area (Å²) in [6, 6.07) is 3.05. The number of halogens is 1. The fraction of sp³-hybridized carbons (Fsp3) is 0.704. The van der Waals surface area contributed by atoms with Crippen molar-refractivity contribution in [1.82, 2.24) is 9.80 Å². The predicted molar refractivity (Wildman–Crippen MR) is 141 cm³/mol. The van der Waals surface area contributed by atoms with Crippen molar-refractivity contribution < 1.29 is 28.5 Å². The van der Waals surface area contributed by atoms with Gasteiger partial charge in [-0.3, -0.25) is 4.79 Å². The Morgan fingerprint density at radius 2 is 1.83 bits per heavy atom. The molecule has 1 fully saturated rings. The van der Waals surface area contributed by atoms with E-state index in [9.17, 15) is 9.59 Å². The molecule has 0 aliphatic carbocycles. The first-order valence-electron chi connectivity index (χ1n) is 12.8. The van der Waals surface area contributed by atoms with E-state index in [0.29, 0.717) is 54.8 Å². The van der Waals surface area contributed by atoms with E-state index in [1.165, 1.54) is 0 Å². The number of amides is 2. The zero-order valence-corrected chi connectivity index (χ0v) is 23.8. The molecule has 2 amide bonds. The van der Waals surface area contributed by atoms with Crippen LogP contribution in [0.1, 0.15) is 78.1 Å². The van der Waals surface area contributed by atoms with Crippen LogP contribution in [0.3, 0.4) is 0 Å². The fourth-order valence-electron chi connectivity index (χ4n) is 4.18. The van der Waals surface area contributed by atoms with Gasteiger partial charge in [0.2, 0.25) is 0 Å². The SMILES string of the molecule is COCCCOc1cc(C(=O)N(C(C)C)[C@@H]2CCCN(C(=O)OC(C)(C)C)C2)c(Cl)cc1OC(C)C. The lowest BCUT2D eigenvalue weighted by Crippen LogP contribution is -2.54. The summed E-state index contributed by atoms with van der Waals surface area (Å²) >= 11 is 6.62. The highest BCUT2D eigenvalue weighted by atomic mass is 35.5. The van der Waals surface area contributed by atoms with Crippen LogP contribution in [-0.2, 0) is 9.47 Å². The fourth-order valence-corrected chi connectivity index (χ4v) is 4.41. The molecule has 1 aliphatic rings. The first-order chi connectivity index (χ1) is 16.8. The van der Waals surface area contributed by atoms with Crippen molar-refractivity contribution in [2.75, 3.05) is 33.4 Å². The van der Waals surface area contributed by atoms with Gasteiger partial charge in [-0.15, -0.1) is 0 Å². The molecule has 8 nitrogen and oxygen atoms in total. The maximum absolute atomic E-state index is 13.9. The van der Waals surface area contributed by atoms with Gasteiger partial charge in [-0.25, -0.2) is 4.79 Å². The Morgan fingerprint density at radius 3 is 2.42 bits per heavy atom. The molecule has 0 spiro atoms. The highest BCUT2D eigenvalue weighted by Gasteiger charge is 2.35. The minimum Gasteiger partial charge on any atom is -0.490 e. The van der Waals surface area contributed by atoms with Crippen LogP contribution in [0.25, 0.3) is 0 Å². The van der Waals surface area contributed by atoms with Gasteiger partial charge in [0.25, 0.3) is 5.91 Å². The first kappa shape index (κ1) is 30.0. The van der Waals surface area contributed by atoms with Crippen LogP contribution in [0.2, 0.25) is 5.02 Å². The van der Waals surface area contributed by atoms with E-state index in [-0.39, 0.29) is 30.2 Å². The average molecular weight is 527 g/mol. The van der Waals surface area contributed by atoms with Gasteiger partial charge in [-0.1, -0.05) is 11.6 Å². The number of piperidine rings is 1. The number of nitrogens with zero attached hydrogens (tertiary/aromatic N) is 2. The summed E-state index contributed by atoms with van der Waals surface area (Å²) in [6.45, 7) is 15.3. The molecular formula is C27H43ClN2O6. The van der Waals surface area contributed by atoms with Crippen LogP contribution in [0.4, 0.5) is 4.79 Å². The molecule has 204 valence electrons. The number of ether oxygens (including phenoxy) is 4. The van der Waals surface area contributed by atoms with Crippen molar-refractivity contribution >= 4 is 23.6 Å². The molecular weight excluding hydrogens is 484 g/mol. The lowest BCUT2D eigenvalue weighted by Gasteiger charge is -2.41. The number of carbonyl (C=O) groups excluding carboxylic acids is 2. The number of benzene rings is 1. The number of likely N-dealkylation sites (tertiary alicyclic amines) is 1.